The summed E-state index contributed by atoms with van der Waals surface area (Å²) < 4.78 is 13.0. The molecule has 1 aromatic carbocycles. The van der Waals surface area contributed by atoms with Crippen LogP contribution >= 0.6 is 11.6 Å². The molecule has 8 heteroatoms. The number of carbonyl (C=O) groups is 1. The van der Waals surface area contributed by atoms with Crippen LogP contribution in [0.1, 0.15) is 34.5 Å². The SMILES string of the molecule is Cc1nc2c(c(C)nn2C)c(C)c1CCC(=O)NCCc1cc(Cl)c2c(c1)OCCO2. The molecule has 31 heavy (non-hydrogen) atoms. The fourth-order valence-electron chi connectivity index (χ4n) is 4.21. The number of nitrogens with zero attached hydrogens (tertiary/aromatic N) is 3. The zero-order valence-electron chi connectivity index (χ0n) is 18.3. The van der Waals surface area contributed by atoms with Crippen LogP contribution in [0.2, 0.25) is 5.02 Å². The van der Waals surface area contributed by atoms with Gasteiger partial charge in [-0.15, -0.1) is 0 Å². The topological polar surface area (TPSA) is 78.3 Å². The van der Waals surface area contributed by atoms with Gasteiger partial charge in [0.1, 0.15) is 13.2 Å². The second-order valence-corrected chi connectivity index (χ2v) is 8.32. The van der Waals surface area contributed by atoms with Crippen LogP contribution in [0.5, 0.6) is 11.5 Å². The van der Waals surface area contributed by atoms with Gasteiger partial charge in [0.05, 0.1) is 10.7 Å². The average Bonchev–Trinajstić information content (AvgIpc) is 3.01. The van der Waals surface area contributed by atoms with Gasteiger partial charge in [-0.1, -0.05) is 11.6 Å². The van der Waals surface area contributed by atoms with Gasteiger partial charge >= 0.3 is 0 Å². The van der Waals surface area contributed by atoms with E-state index in [4.69, 9.17) is 26.1 Å². The Hall–Kier alpha value is -2.80. The van der Waals surface area contributed by atoms with Crippen LogP contribution in [0.3, 0.4) is 0 Å². The number of carbonyl (C=O) groups excluding carboxylic acids is 1. The third kappa shape index (κ3) is 4.32. The summed E-state index contributed by atoms with van der Waals surface area (Å²) in [5.41, 5.74) is 6.09. The van der Waals surface area contributed by atoms with Crippen LogP contribution in [-0.2, 0) is 24.7 Å². The number of aryl methyl sites for hydroxylation is 4. The van der Waals surface area contributed by atoms with E-state index in [-0.39, 0.29) is 5.91 Å². The van der Waals surface area contributed by atoms with Crippen molar-refractivity contribution in [2.45, 2.75) is 40.0 Å². The summed E-state index contributed by atoms with van der Waals surface area (Å²) in [6.45, 7) is 7.63. The van der Waals surface area contributed by atoms with Gasteiger partial charge in [-0.25, -0.2) is 4.98 Å². The average molecular weight is 443 g/mol. The Kier molecular flexibility index (Phi) is 6.05. The number of halogens is 1. The number of benzene rings is 1. The molecular weight excluding hydrogens is 416 g/mol. The van der Waals surface area contributed by atoms with E-state index in [2.05, 4.69) is 17.3 Å². The third-order valence-electron chi connectivity index (χ3n) is 5.72. The predicted octanol–water partition coefficient (Wildman–Crippen LogP) is 3.61. The van der Waals surface area contributed by atoms with Crippen molar-refractivity contribution < 1.29 is 14.3 Å². The Bertz CT molecular complexity index is 1160. The first-order chi connectivity index (χ1) is 14.8. The molecule has 0 radical (unpaired) electrons. The van der Waals surface area contributed by atoms with E-state index in [1.54, 1.807) is 0 Å². The molecule has 1 aliphatic heterocycles. The highest BCUT2D eigenvalue weighted by Gasteiger charge is 2.18. The molecule has 0 fully saturated rings. The van der Waals surface area contributed by atoms with Gasteiger partial charge in [0.2, 0.25) is 5.91 Å². The number of amides is 1. The molecule has 0 aliphatic carbocycles. The summed E-state index contributed by atoms with van der Waals surface area (Å²) in [6, 6.07) is 3.79. The Morgan fingerprint density at radius 2 is 1.94 bits per heavy atom. The summed E-state index contributed by atoms with van der Waals surface area (Å²) in [4.78, 5) is 17.2. The monoisotopic (exact) mass is 442 g/mol. The molecule has 0 atom stereocenters. The number of hydrogen-bond acceptors (Lipinski definition) is 5. The van der Waals surface area contributed by atoms with Crippen LogP contribution in [0.4, 0.5) is 0 Å². The third-order valence-corrected chi connectivity index (χ3v) is 6.01. The maximum absolute atomic E-state index is 12.4. The summed E-state index contributed by atoms with van der Waals surface area (Å²) in [7, 11) is 1.91. The maximum atomic E-state index is 12.4. The molecular formula is C23H27ClN4O3. The van der Waals surface area contributed by atoms with Crippen LogP contribution in [0.15, 0.2) is 12.1 Å². The van der Waals surface area contributed by atoms with Crippen molar-refractivity contribution in [2.24, 2.45) is 7.05 Å². The summed E-state index contributed by atoms with van der Waals surface area (Å²) in [6.07, 6.45) is 1.73. The van der Waals surface area contributed by atoms with Gasteiger partial charge in [-0.2, -0.15) is 5.10 Å². The Morgan fingerprint density at radius 3 is 2.74 bits per heavy atom. The lowest BCUT2D eigenvalue weighted by Crippen LogP contribution is -2.26. The summed E-state index contributed by atoms with van der Waals surface area (Å²) >= 11 is 6.29. The van der Waals surface area contributed by atoms with Gasteiger partial charge in [0.15, 0.2) is 17.1 Å². The molecule has 0 saturated heterocycles. The van der Waals surface area contributed by atoms with Gasteiger partial charge in [0.25, 0.3) is 0 Å². The van der Waals surface area contributed by atoms with Crippen LogP contribution in [0.25, 0.3) is 11.0 Å². The van der Waals surface area contributed by atoms with Gasteiger partial charge in [-0.3, -0.25) is 9.48 Å². The zero-order chi connectivity index (χ0) is 22.1. The molecule has 1 N–H and O–H groups in total. The fraction of sp³-hybridized carbons (Fsp3) is 0.435. The molecule has 4 rings (SSSR count). The number of hydrogen-bond donors (Lipinski definition) is 1. The van der Waals surface area contributed by atoms with Gasteiger partial charge in [0, 0.05) is 31.1 Å². The van der Waals surface area contributed by atoms with Crippen molar-refractivity contribution in [3.8, 4) is 11.5 Å². The standard InChI is InChI=1S/C23H27ClN4O3/c1-13-17(14(2)26-23-21(13)15(3)27-28(23)4)5-6-20(29)25-8-7-16-11-18(24)22-19(12-16)30-9-10-31-22/h11-12H,5-10H2,1-4H3,(H,25,29). The second kappa shape index (κ2) is 8.75. The van der Waals surface area contributed by atoms with Crippen LogP contribution < -0.4 is 14.8 Å². The highest BCUT2D eigenvalue weighted by Crippen LogP contribution is 2.38. The quantitative estimate of drug-likeness (QED) is 0.631. The first kappa shape index (κ1) is 21.4. The first-order valence-corrected chi connectivity index (χ1v) is 10.9. The van der Waals surface area contributed by atoms with Crippen molar-refractivity contribution in [1.29, 1.82) is 0 Å². The van der Waals surface area contributed by atoms with Crippen LogP contribution in [-0.4, -0.2) is 40.4 Å². The molecule has 3 aromatic rings. The minimum atomic E-state index is 0.0189. The highest BCUT2D eigenvalue weighted by atomic mass is 35.5. The lowest BCUT2D eigenvalue weighted by atomic mass is 9.99. The number of fused-ring (bicyclic) bond motifs is 2. The molecule has 7 nitrogen and oxygen atoms in total. The Labute approximate surface area is 186 Å². The molecule has 1 amide bonds. The maximum Gasteiger partial charge on any atom is 0.220 e. The molecule has 3 heterocycles. The lowest BCUT2D eigenvalue weighted by molar-refractivity contribution is -0.121. The number of aromatic nitrogens is 3. The number of nitrogens with one attached hydrogen (secondary N) is 1. The Morgan fingerprint density at radius 1 is 1.16 bits per heavy atom. The van der Waals surface area contributed by atoms with E-state index in [1.165, 1.54) is 0 Å². The van der Waals surface area contributed by atoms with Crippen LogP contribution in [0, 0.1) is 20.8 Å². The van der Waals surface area contributed by atoms with E-state index >= 15 is 0 Å². The van der Waals surface area contributed by atoms with E-state index < -0.39 is 0 Å². The zero-order valence-corrected chi connectivity index (χ0v) is 19.1. The molecule has 2 aromatic heterocycles. The fourth-order valence-corrected chi connectivity index (χ4v) is 4.50. The molecule has 0 bridgehead atoms. The van der Waals surface area contributed by atoms with Gasteiger partial charge in [-0.05, 0) is 62.4 Å². The van der Waals surface area contributed by atoms with Crippen molar-refractivity contribution in [3.63, 3.8) is 0 Å². The molecule has 0 spiro atoms. The van der Waals surface area contributed by atoms with E-state index in [9.17, 15) is 4.79 Å². The Balaban J connectivity index is 1.35. The number of pyridine rings is 1. The molecule has 0 unspecified atom stereocenters. The minimum Gasteiger partial charge on any atom is -0.486 e. The first-order valence-electron chi connectivity index (χ1n) is 10.5. The summed E-state index contributed by atoms with van der Waals surface area (Å²) in [5.74, 6) is 1.28. The van der Waals surface area contributed by atoms with Crippen molar-refractivity contribution >= 4 is 28.5 Å². The summed E-state index contributed by atoms with van der Waals surface area (Å²) in [5, 5.41) is 9.10. The van der Waals surface area contributed by atoms with Crippen molar-refractivity contribution in [1.82, 2.24) is 20.1 Å². The van der Waals surface area contributed by atoms with Crippen molar-refractivity contribution in [2.75, 3.05) is 19.8 Å². The molecule has 0 saturated carbocycles. The minimum absolute atomic E-state index is 0.0189. The number of rotatable bonds is 6. The van der Waals surface area contributed by atoms with Crippen molar-refractivity contribution in [3.05, 3.63) is 45.2 Å². The second-order valence-electron chi connectivity index (χ2n) is 7.91. The predicted molar refractivity (Wildman–Crippen MR) is 120 cm³/mol. The largest absolute Gasteiger partial charge is 0.486 e. The van der Waals surface area contributed by atoms with E-state index in [0.717, 1.165) is 39.1 Å². The lowest BCUT2D eigenvalue weighted by Gasteiger charge is -2.20. The highest BCUT2D eigenvalue weighted by molar-refractivity contribution is 6.32. The smallest absolute Gasteiger partial charge is 0.220 e. The number of ether oxygens (including phenoxy) is 2. The van der Waals surface area contributed by atoms with E-state index in [1.807, 2.05) is 37.7 Å². The molecule has 164 valence electrons. The molecule has 1 aliphatic rings. The van der Waals surface area contributed by atoms with Gasteiger partial charge < -0.3 is 14.8 Å². The van der Waals surface area contributed by atoms with E-state index in [0.29, 0.717) is 55.5 Å². The normalized spacial score (nSPS) is 12.9.